The van der Waals surface area contributed by atoms with Crippen LogP contribution in [-0.2, 0) is 20.1 Å². The molecule has 200 valence electrons. The molecule has 5 aromatic rings. The van der Waals surface area contributed by atoms with Crippen LogP contribution in [0.2, 0.25) is 10.0 Å². The number of rotatable bonds is 6. The number of ether oxygens (including phenoxy) is 1. The number of pyridine rings is 2. The standard InChI is InChI=1S/C25H19Cl2F2N7O3/c1-12-4-18(29)16(26)5-13(12)9-35-19-7-15(21-17(27)6-14(28)8-30-21)23(39-3)32-22(19)24(37)36(25(35)38)10-20-31-11-34(2)33-20/h4-8,11H,9-10H2,1-3H3. The van der Waals surface area contributed by atoms with Crippen LogP contribution in [0, 0.1) is 18.6 Å². The molecule has 1 aromatic carbocycles. The van der Waals surface area contributed by atoms with Crippen molar-refractivity contribution in [1.29, 1.82) is 0 Å². The van der Waals surface area contributed by atoms with Crippen LogP contribution in [0.3, 0.4) is 0 Å². The van der Waals surface area contributed by atoms with E-state index in [0.717, 1.165) is 16.8 Å². The van der Waals surface area contributed by atoms with Gasteiger partial charge >= 0.3 is 5.69 Å². The average Bonchev–Trinajstić information content (AvgIpc) is 3.31. The normalized spacial score (nSPS) is 11.4. The van der Waals surface area contributed by atoms with Crippen molar-refractivity contribution in [1.82, 2.24) is 33.9 Å². The monoisotopic (exact) mass is 573 g/mol. The van der Waals surface area contributed by atoms with Crippen LogP contribution in [0.15, 0.2) is 46.4 Å². The Morgan fingerprint density at radius 3 is 2.44 bits per heavy atom. The molecule has 39 heavy (non-hydrogen) atoms. The molecule has 14 heteroatoms. The summed E-state index contributed by atoms with van der Waals surface area (Å²) in [6, 6.07) is 5.21. The van der Waals surface area contributed by atoms with Gasteiger partial charge in [-0.2, -0.15) is 5.10 Å². The van der Waals surface area contributed by atoms with Crippen molar-refractivity contribution in [2.75, 3.05) is 7.11 Å². The highest BCUT2D eigenvalue weighted by Crippen LogP contribution is 2.34. The summed E-state index contributed by atoms with van der Waals surface area (Å²) in [6.07, 6.45) is 2.41. The maximum atomic E-state index is 14.1. The Kier molecular flexibility index (Phi) is 6.91. The summed E-state index contributed by atoms with van der Waals surface area (Å²) >= 11 is 12.3. The van der Waals surface area contributed by atoms with Crippen molar-refractivity contribution in [2.45, 2.75) is 20.0 Å². The van der Waals surface area contributed by atoms with E-state index in [4.69, 9.17) is 27.9 Å². The molecule has 0 aliphatic heterocycles. The number of aromatic nitrogens is 7. The van der Waals surface area contributed by atoms with E-state index in [0.29, 0.717) is 11.1 Å². The molecular weight excluding hydrogens is 555 g/mol. The molecule has 0 saturated heterocycles. The molecule has 10 nitrogen and oxygen atoms in total. The van der Waals surface area contributed by atoms with Gasteiger partial charge in [-0.1, -0.05) is 23.2 Å². The third-order valence-electron chi connectivity index (χ3n) is 6.08. The van der Waals surface area contributed by atoms with Crippen LogP contribution >= 0.6 is 23.2 Å². The quantitative estimate of drug-likeness (QED) is 0.304. The summed E-state index contributed by atoms with van der Waals surface area (Å²) in [4.78, 5) is 39.9. The van der Waals surface area contributed by atoms with Crippen molar-refractivity contribution >= 4 is 34.2 Å². The van der Waals surface area contributed by atoms with Crippen LogP contribution in [0.1, 0.15) is 17.0 Å². The number of methoxy groups -OCH3 is 1. The van der Waals surface area contributed by atoms with Crippen LogP contribution < -0.4 is 16.0 Å². The first kappa shape index (κ1) is 26.4. The van der Waals surface area contributed by atoms with Crippen molar-refractivity contribution in [2.24, 2.45) is 7.05 Å². The van der Waals surface area contributed by atoms with Crippen LogP contribution in [0.5, 0.6) is 5.88 Å². The topological polar surface area (TPSA) is 110 Å². The predicted molar refractivity (Wildman–Crippen MR) is 140 cm³/mol. The zero-order chi connectivity index (χ0) is 28.0. The molecule has 0 N–H and O–H groups in total. The van der Waals surface area contributed by atoms with Gasteiger partial charge in [0.15, 0.2) is 11.3 Å². The molecule has 0 unspecified atom stereocenters. The lowest BCUT2D eigenvalue weighted by Gasteiger charge is -2.17. The molecule has 0 fully saturated rings. The average molecular weight is 574 g/mol. The maximum Gasteiger partial charge on any atom is 0.332 e. The van der Waals surface area contributed by atoms with E-state index in [9.17, 15) is 18.4 Å². The molecule has 5 rings (SSSR count). The number of hydrogen-bond donors (Lipinski definition) is 0. The van der Waals surface area contributed by atoms with Gasteiger partial charge in [0.2, 0.25) is 5.88 Å². The smallest absolute Gasteiger partial charge is 0.332 e. The first-order chi connectivity index (χ1) is 18.6. The number of nitrogens with zero attached hydrogens (tertiary/aromatic N) is 7. The largest absolute Gasteiger partial charge is 0.480 e. The highest BCUT2D eigenvalue weighted by molar-refractivity contribution is 6.33. The minimum atomic E-state index is -0.712. The molecule has 0 aliphatic rings. The van der Waals surface area contributed by atoms with E-state index in [2.05, 4.69) is 20.1 Å². The lowest BCUT2D eigenvalue weighted by Crippen LogP contribution is -2.41. The van der Waals surface area contributed by atoms with Gasteiger partial charge in [-0.05, 0) is 42.3 Å². The van der Waals surface area contributed by atoms with Gasteiger partial charge in [0.25, 0.3) is 5.56 Å². The molecule has 0 aliphatic carbocycles. The zero-order valence-corrected chi connectivity index (χ0v) is 22.3. The van der Waals surface area contributed by atoms with Gasteiger partial charge in [-0.15, -0.1) is 0 Å². The zero-order valence-electron chi connectivity index (χ0n) is 20.7. The van der Waals surface area contributed by atoms with E-state index in [-0.39, 0.29) is 57.1 Å². The molecule has 0 bridgehead atoms. The summed E-state index contributed by atoms with van der Waals surface area (Å²) in [7, 11) is 2.99. The minimum absolute atomic E-state index is 0.0191. The first-order valence-electron chi connectivity index (χ1n) is 11.4. The Hall–Kier alpha value is -4.16. The van der Waals surface area contributed by atoms with E-state index >= 15 is 0 Å². The Bertz CT molecular complexity index is 1890. The molecule has 4 aromatic heterocycles. The van der Waals surface area contributed by atoms with Crippen molar-refractivity contribution in [3.63, 3.8) is 0 Å². The molecule has 0 radical (unpaired) electrons. The van der Waals surface area contributed by atoms with E-state index in [1.807, 2.05) is 0 Å². The van der Waals surface area contributed by atoms with E-state index in [1.54, 1.807) is 14.0 Å². The maximum absolute atomic E-state index is 14.1. The Morgan fingerprint density at radius 1 is 1.00 bits per heavy atom. The highest BCUT2D eigenvalue weighted by Gasteiger charge is 2.22. The summed E-state index contributed by atoms with van der Waals surface area (Å²) in [6.45, 7) is 1.36. The molecule has 0 amide bonds. The van der Waals surface area contributed by atoms with Crippen LogP contribution in [0.4, 0.5) is 8.78 Å². The van der Waals surface area contributed by atoms with Crippen LogP contribution in [0.25, 0.3) is 22.3 Å². The van der Waals surface area contributed by atoms with E-state index < -0.39 is 22.9 Å². The van der Waals surface area contributed by atoms with Gasteiger partial charge < -0.3 is 4.74 Å². The van der Waals surface area contributed by atoms with Crippen molar-refractivity contribution < 1.29 is 13.5 Å². The summed E-state index contributed by atoms with van der Waals surface area (Å²) in [5, 5.41) is 4.01. The SMILES string of the molecule is COc1nc2c(=O)n(Cc3ncn(C)n3)c(=O)n(Cc3cc(Cl)c(F)cc3C)c2cc1-c1ncc(F)cc1Cl. The minimum Gasteiger partial charge on any atom is -0.480 e. The van der Waals surface area contributed by atoms with Crippen LogP contribution in [-0.4, -0.2) is 41.0 Å². The summed E-state index contributed by atoms with van der Waals surface area (Å²) < 4.78 is 36.9. The molecule has 0 spiro atoms. The molecule has 4 heterocycles. The van der Waals surface area contributed by atoms with Gasteiger partial charge in [-0.3, -0.25) is 23.6 Å². The predicted octanol–water partition coefficient (Wildman–Crippen LogP) is 3.75. The van der Waals surface area contributed by atoms with Crippen molar-refractivity contribution in [3.05, 3.63) is 96.3 Å². The summed E-state index contributed by atoms with van der Waals surface area (Å²) in [5.41, 5.74) is 0.0220. The molecular formula is C25H19Cl2F2N7O3. The van der Waals surface area contributed by atoms with Gasteiger partial charge in [0.1, 0.15) is 18.0 Å². The number of hydrogen-bond acceptors (Lipinski definition) is 7. The number of benzene rings is 1. The number of halogens is 4. The van der Waals surface area contributed by atoms with Gasteiger partial charge in [0, 0.05) is 7.05 Å². The molecule has 0 atom stereocenters. The van der Waals surface area contributed by atoms with Gasteiger partial charge in [-0.25, -0.2) is 23.5 Å². The fourth-order valence-electron chi connectivity index (χ4n) is 4.17. The Morgan fingerprint density at radius 2 is 1.77 bits per heavy atom. The number of fused-ring (bicyclic) bond motifs is 1. The lowest BCUT2D eigenvalue weighted by atomic mass is 10.1. The van der Waals surface area contributed by atoms with Crippen molar-refractivity contribution in [3.8, 4) is 17.1 Å². The number of aryl methyl sites for hydroxylation is 2. The fraction of sp³-hybridized carbons (Fsp3) is 0.200. The highest BCUT2D eigenvalue weighted by atomic mass is 35.5. The second kappa shape index (κ2) is 10.2. The third kappa shape index (κ3) is 4.88. The van der Waals surface area contributed by atoms with Gasteiger partial charge in [0.05, 0.1) is 53.2 Å². The summed E-state index contributed by atoms with van der Waals surface area (Å²) in [5.74, 6) is -1.04. The Balaban J connectivity index is 1.82. The lowest BCUT2D eigenvalue weighted by molar-refractivity contribution is 0.400. The molecule has 0 saturated carbocycles. The van der Waals surface area contributed by atoms with E-state index in [1.165, 1.54) is 40.9 Å². The third-order valence-corrected chi connectivity index (χ3v) is 6.66. The second-order valence-electron chi connectivity index (χ2n) is 8.68. The Labute approximate surface area is 229 Å². The first-order valence-corrected chi connectivity index (χ1v) is 12.2. The second-order valence-corrected chi connectivity index (χ2v) is 9.50. The fourth-order valence-corrected chi connectivity index (χ4v) is 4.61.